The summed E-state index contributed by atoms with van der Waals surface area (Å²) in [5.41, 5.74) is 2.48. The summed E-state index contributed by atoms with van der Waals surface area (Å²) < 4.78 is 7.39. The van der Waals surface area contributed by atoms with Crippen molar-refractivity contribution in [3.8, 4) is 5.75 Å². The lowest BCUT2D eigenvalue weighted by atomic mass is 10.1. The quantitative estimate of drug-likeness (QED) is 0.518. The Hall–Kier alpha value is -2.34. The van der Waals surface area contributed by atoms with Crippen LogP contribution in [0.3, 0.4) is 0 Å². The fourth-order valence-corrected chi connectivity index (χ4v) is 2.09. The van der Waals surface area contributed by atoms with Crippen LogP contribution < -0.4 is 4.74 Å². The average Bonchev–Trinajstić information content (AvgIpc) is 2.79. The molecule has 0 aliphatic carbocycles. The molecule has 1 aromatic carbocycles. The molecule has 2 rings (SSSR count). The summed E-state index contributed by atoms with van der Waals surface area (Å²) in [7, 11) is 1.93. The molecule has 0 aliphatic heterocycles. The van der Waals surface area contributed by atoms with Gasteiger partial charge in [0, 0.05) is 36.6 Å². The van der Waals surface area contributed by atoms with Crippen LogP contribution in [0.4, 0.5) is 0 Å². The van der Waals surface area contributed by atoms with E-state index < -0.39 is 5.97 Å². The minimum Gasteiger partial charge on any atom is -0.491 e. The van der Waals surface area contributed by atoms with Gasteiger partial charge in [0.2, 0.25) is 0 Å². The predicted molar refractivity (Wildman–Crippen MR) is 79.5 cm³/mol. The molecule has 0 bridgehead atoms. The van der Waals surface area contributed by atoms with Gasteiger partial charge in [-0.25, -0.2) is 4.79 Å². The first-order valence-electron chi connectivity index (χ1n) is 6.58. The number of nitrogens with zero attached hydrogens (tertiary/aromatic N) is 2. The van der Waals surface area contributed by atoms with Crippen molar-refractivity contribution in [1.82, 2.24) is 4.57 Å². The van der Waals surface area contributed by atoms with Gasteiger partial charge in [-0.1, -0.05) is 5.16 Å². The molecular formula is C15H18N2O4. The molecule has 0 aliphatic rings. The minimum absolute atomic E-state index is 0.0351. The van der Waals surface area contributed by atoms with Gasteiger partial charge in [0.15, 0.2) is 0 Å². The van der Waals surface area contributed by atoms with Gasteiger partial charge in [-0.15, -0.1) is 0 Å². The van der Waals surface area contributed by atoms with Crippen LogP contribution in [0.15, 0.2) is 29.6 Å². The van der Waals surface area contributed by atoms with E-state index in [1.54, 1.807) is 6.92 Å². The van der Waals surface area contributed by atoms with Crippen molar-refractivity contribution in [3.05, 3.63) is 30.0 Å². The second-order valence-electron chi connectivity index (χ2n) is 4.66. The smallest absolute Gasteiger partial charge is 0.331 e. The molecule has 21 heavy (non-hydrogen) atoms. The van der Waals surface area contributed by atoms with E-state index in [-0.39, 0.29) is 13.2 Å². The van der Waals surface area contributed by atoms with Gasteiger partial charge in [-0.2, -0.15) is 0 Å². The molecule has 1 aromatic heterocycles. The number of hydrogen-bond acceptors (Lipinski definition) is 5. The lowest BCUT2D eigenvalue weighted by Crippen LogP contribution is -2.01. The Morgan fingerprint density at radius 3 is 2.81 bits per heavy atom. The molecule has 0 amide bonds. The van der Waals surface area contributed by atoms with E-state index in [0.29, 0.717) is 11.5 Å². The van der Waals surface area contributed by atoms with E-state index >= 15 is 0 Å². The van der Waals surface area contributed by atoms with Crippen LogP contribution in [-0.2, 0) is 16.7 Å². The Kier molecular flexibility index (Phi) is 4.59. The summed E-state index contributed by atoms with van der Waals surface area (Å²) in [4.78, 5) is 15.5. The number of aliphatic hydroxyl groups is 1. The minimum atomic E-state index is -0.457. The average molecular weight is 290 g/mol. The number of carbonyl (C=O) groups excluding carboxylic acids is 1. The van der Waals surface area contributed by atoms with Crippen molar-refractivity contribution >= 4 is 22.6 Å². The van der Waals surface area contributed by atoms with Crippen LogP contribution >= 0.6 is 0 Å². The van der Waals surface area contributed by atoms with Gasteiger partial charge in [-0.3, -0.25) is 0 Å². The Labute approximate surface area is 122 Å². The number of fused-ring (bicyclic) bond motifs is 1. The third kappa shape index (κ3) is 3.41. The lowest BCUT2D eigenvalue weighted by molar-refractivity contribution is -0.140. The molecule has 1 heterocycles. The van der Waals surface area contributed by atoms with Crippen molar-refractivity contribution < 1.29 is 19.5 Å². The highest BCUT2D eigenvalue weighted by atomic mass is 16.7. The summed E-state index contributed by atoms with van der Waals surface area (Å²) in [6, 6.07) is 5.66. The standard InChI is InChI=1S/C15H18N2O4/c1-10(16-21-11(2)19)14-9-17(3)15-5-4-12(8-13(14)15)20-7-6-18/h4-5,8-9,18H,6-7H2,1-3H3/b16-10+. The summed E-state index contributed by atoms with van der Waals surface area (Å²) >= 11 is 0. The number of hydrogen-bond donors (Lipinski definition) is 1. The number of carbonyl (C=O) groups is 1. The third-order valence-corrected chi connectivity index (χ3v) is 3.02. The Morgan fingerprint density at radius 2 is 2.14 bits per heavy atom. The van der Waals surface area contributed by atoms with E-state index in [4.69, 9.17) is 9.84 Å². The first-order valence-corrected chi connectivity index (χ1v) is 6.58. The van der Waals surface area contributed by atoms with Crippen molar-refractivity contribution in [2.24, 2.45) is 12.2 Å². The molecule has 6 nitrogen and oxygen atoms in total. The largest absolute Gasteiger partial charge is 0.491 e. The van der Waals surface area contributed by atoms with Crippen LogP contribution in [0.2, 0.25) is 0 Å². The monoisotopic (exact) mass is 290 g/mol. The van der Waals surface area contributed by atoms with E-state index in [9.17, 15) is 4.79 Å². The predicted octanol–water partition coefficient (Wildman–Crippen LogP) is 1.84. The number of rotatable bonds is 5. The number of aromatic nitrogens is 1. The summed E-state index contributed by atoms with van der Waals surface area (Å²) in [6.07, 6.45) is 1.92. The first-order chi connectivity index (χ1) is 10.0. The van der Waals surface area contributed by atoms with Gasteiger partial charge >= 0.3 is 5.97 Å². The Bertz CT molecular complexity index is 688. The number of benzene rings is 1. The highest BCUT2D eigenvalue weighted by Crippen LogP contribution is 2.26. The number of oxime groups is 1. The van der Waals surface area contributed by atoms with E-state index in [0.717, 1.165) is 16.5 Å². The van der Waals surface area contributed by atoms with E-state index in [1.807, 2.05) is 36.0 Å². The maximum Gasteiger partial charge on any atom is 0.331 e. The molecule has 0 spiro atoms. The van der Waals surface area contributed by atoms with Gasteiger partial charge in [-0.05, 0) is 25.1 Å². The Balaban J connectivity index is 2.43. The molecule has 2 aromatic rings. The SMILES string of the molecule is CC(=O)O/N=C(\C)c1cn(C)c2ccc(OCCO)cc12. The number of ether oxygens (including phenoxy) is 1. The van der Waals surface area contributed by atoms with Crippen LogP contribution in [0.25, 0.3) is 10.9 Å². The molecule has 6 heteroatoms. The normalized spacial score (nSPS) is 11.7. The van der Waals surface area contributed by atoms with Crippen molar-refractivity contribution in [3.63, 3.8) is 0 Å². The number of aliphatic hydroxyl groups excluding tert-OH is 1. The van der Waals surface area contributed by atoms with Crippen LogP contribution in [0.1, 0.15) is 19.4 Å². The highest BCUT2D eigenvalue weighted by molar-refractivity contribution is 6.10. The molecule has 0 unspecified atom stereocenters. The molecule has 0 radical (unpaired) electrons. The molecule has 0 saturated heterocycles. The molecule has 0 atom stereocenters. The zero-order valence-corrected chi connectivity index (χ0v) is 12.3. The van der Waals surface area contributed by atoms with Crippen LogP contribution in [-0.4, -0.2) is 34.6 Å². The van der Waals surface area contributed by atoms with Crippen LogP contribution in [0.5, 0.6) is 5.75 Å². The summed E-state index contributed by atoms with van der Waals surface area (Å²) in [5, 5.41) is 13.6. The first kappa shape index (κ1) is 15.1. The van der Waals surface area contributed by atoms with Crippen molar-refractivity contribution in [2.45, 2.75) is 13.8 Å². The third-order valence-electron chi connectivity index (χ3n) is 3.02. The number of aryl methyl sites for hydroxylation is 1. The fraction of sp³-hybridized carbons (Fsp3) is 0.333. The topological polar surface area (TPSA) is 73.0 Å². The Morgan fingerprint density at radius 1 is 1.38 bits per heavy atom. The van der Waals surface area contributed by atoms with E-state index in [1.165, 1.54) is 6.92 Å². The molecule has 0 saturated carbocycles. The summed E-state index contributed by atoms with van der Waals surface area (Å²) in [6.45, 7) is 3.29. The molecular weight excluding hydrogens is 272 g/mol. The maximum absolute atomic E-state index is 10.8. The second-order valence-corrected chi connectivity index (χ2v) is 4.66. The van der Waals surface area contributed by atoms with Crippen LogP contribution in [0, 0.1) is 0 Å². The van der Waals surface area contributed by atoms with Gasteiger partial charge in [0.1, 0.15) is 12.4 Å². The zero-order chi connectivity index (χ0) is 15.4. The maximum atomic E-state index is 10.8. The van der Waals surface area contributed by atoms with Crippen molar-refractivity contribution in [1.29, 1.82) is 0 Å². The summed E-state index contributed by atoms with van der Waals surface area (Å²) in [5.74, 6) is 0.214. The van der Waals surface area contributed by atoms with Gasteiger partial charge < -0.3 is 19.2 Å². The van der Waals surface area contributed by atoms with Gasteiger partial charge in [0.05, 0.1) is 12.3 Å². The van der Waals surface area contributed by atoms with E-state index in [2.05, 4.69) is 9.99 Å². The molecule has 112 valence electrons. The molecule has 1 N–H and O–H groups in total. The highest BCUT2D eigenvalue weighted by Gasteiger charge is 2.11. The lowest BCUT2D eigenvalue weighted by Gasteiger charge is -2.05. The molecule has 0 fully saturated rings. The zero-order valence-electron chi connectivity index (χ0n) is 12.3. The van der Waals surface area contributed by atoms with Gasteiger partial charge in [0.25, 0.3) is 0 Å². The fourth-order valence-electron chi connectivity index (χ4n) is 2.09. The van der Waals surface area contributed by atoms with Crippen molar-refractivity contribution in [2.75, 3.05) is 13.2 Å². The second kappa shape index (κ2) is 6.41.